The lowest BCUT2D eigenvalue weighted by atomic mass is 9.92. The Morgan fingerprint density at radius 1 is 1.54 bits per heavy atom. The molecule has 0 amide bonds. The number of halogens is 1. The van der Waals surface area contributed by atoms with Gasteiger partial charge in [0.25, 0.3) is 0 Å². The molecule has 70 valence electrons. The predicted octanol–water partition coefficient (Wildman–Crippen LogP) is 2.67. The molecule has 2 rings (SSSR count). The molecule has 1 saturated carbocycles. The second-order valence-corrected chi connectivity index (χ2v) is 4.67. The average Bonchev–Trinajstić information content (AvgIpc) is 2.01. The Morgan fingerprint density at radius 3 is 2.85 bits per heavy atom. The van der Waals surface area contributed by atoms with E-state index in [4.69, 9.17) is 0 Å². The number of rotatable bonds is 2. The normalized spacial score (nSPS) is 16.8. The highest BCUT2D eigenvalue weighted by Gasteiger charge is 2.23. The van der Waals surface area contributed by atoms with Gasteiger partial charge in [-0.25, -0.2) is 4.98 Å². The summed E-state index contributed by atoms with van der Waals surface area (Å²) in [7, 11) is 2.15. The van der Waals surface area contributed by atoms with Gasteiger partial charge < -0.3 is 4.90 Å². The molecule has 0 unspecified atom stereocenters. The quantitative estimate of drug-likeness (QED) is 0.778. The van der Waals surface area contributed by atoms with Gasteiger partial charge in [-0.2, -0.15) is 0 Å². The Bertz CT molecular complexity index is 297. The van der Waals surface area contributed by atoms with Crippen LogP contribution in [0.25, 0.3) is 0 Å². The van der Waals surface area contributed by atoms with Crippen LogP contribution in [0.2, 0.25) is 0 Å². The van der Waals surface area contributed by atoms with Crippen LogP contribution < -0.4 is 4.90 Å². The summed E-state index contributed by atoms with van der Waals surface area (Å²) in [5, 5.41) is 0. The van der Waals surface area contributed by atoms with Gasteiger partial charge in [0.05, 0.1) is 3.57 Å². The molecule has 0 aromatic carbocycles. The highest BCUT2D eigenvalue weighted by Crippen LogP contribution is 2.29. The van der Waals surface area contributed by atoms with Crippen molar-refractivity contribution in [1.82, 2.24) is 4.98 Å². The summed E-state index contributed by atoms with van der Waals surface area (Å²) in [4.78, 5) is 6.71. The van der Waals surface area contributed by atoms with Crippen molar-refractivity contribution in [3.05, 3.63) is 21.9 Å². The average molecular weight is 288 g/mol. The molecule has 0 saturated heterocycles. The van der Waals surface area contributed by atoms with Crippen molar-refractivity contribution in [1.29, 1.82) is 0 Å². The Hall–Kier alpha value is -0.320. The van der Waals surface area contributed by atoms with Gasteiger partial charge in [0.15, 0.2) is 0 Å². The van der Waals surface area contributed by atoms with E-state index < -0.39 is 0 Å². The highest BCUT2D eigenvalue weighted by atomic mass is 127. The molecule has 0 spiro atoms. The van der Waals surface area contributed by atoms with Gasteiger partial charge in [-0.05, 0) is 54.0 Å². The number of hydrogen-bond donors (Lipinski definition) is 0. The Balaban J connectivity index is 2.18. The molecule has 3 heteroatoms. The van der Waals surface area contributed by atoms with Gasteiger partial charge in [0.2, 0.25) is 0 Å². The third-order valence-electron chi connectivity index (χ3n) is 2.70. The lowest BCUT2D eigenvalue weighted by molar-refractivity contribution is 0.399. The molecule has 0 aliphatic heterocycles. The van der Waals surface area contributed by atoms with E-state index in [1.165, 1.54) is 22.8 Å². The van der Waals surface area contributed by atoms with Crippen molar-refractivity contribution in [2.45, 2.75) is 25.3 Å². The van der Waals surface area contributed by atoms with Gasteiger partial charge in [-0.3, -0.25) is 0 Å². The minimum atomic E-state index is 0.725. The van der Waals surface area contributed by atoms with Crippen LogP contribution >= 0.6 is 22.6 Å². The molecule has 1 fully saturated rings. The largest absolute Gasteiger partial charge is 0.356 e. The third kappa shape index (κ3) is 1.80. The lowest BCUT2D eigenvalue weighted by Gasteiger charge is -2.35. The van der Waals surface area contributed by atoms with Gasteiger partial charge in [0.1, 0.15) is 5.82 Å². The summed E-state index contributed by atoms with van der Waals surface area (Å²) >= 11 is 2.35. The van der Waals surface area contributed by atoms with E-state index in [1.807, 2.05) is 12.3 Å². The molecule has 1 heterocycles. The van der Waals surface area contributed by atoms with Gasteiger partial charge >= 0.3 is 0 Å². The number of pyridine rings is 1. The maximum atomic E-state index is 4.40. The predicted molar refractivity (Wildman–Crippen MR) is 63.0 cm³/mol. The molecule has 13 heavy (non-hydrogen) atoms. The smallest absolute Gasteiger partial charge is 0.141 e. The van der Waals surface area contributed by atoms with Crippen LogP contribution in [0, 0.1) is 3.57 Å². The first-order chi connectivity index (χ1) is 6.29. The molecule has 1 aliphatic rings. The minimum Gasteiger partial charge on any atom is -0.356 e. The fraction of sp³-hybridized carbons (Fsp3) is 0.500. The molecule has 1 aromatic heterocycles. The second-order valence-electron chi connectivity index (χ2n) is 3.50. The van der Waals surface area contributed by atoms with Crippen molar-refractivity contribution < 1.29 is 0 Å². The standard InChI is InChI=1S/C10H13IN2/c1-13(8-4-2-5-8)10-9(11)6-3-7-12-10/h3,6-8H,2,4-5H2,1H3. The molecular weight excluding hydrogens is 275 g/mol. The number of hydrogen-bond acceptors (Lipinski definition) is 2. The lowest BCUT2D eigenvalue weighted by Crippen LogP contribution is -2.38. The molecule has 0 radical (unpaired) electrons. The number of nitrogens with zero attached hydrogens (tertiary/aromatic N) is 2. The minimum absolute atomic E-state index is 0.725. The molecule has 2 nitrogen and oxygen atoms in total. The van der Waals surface area contributed by atoms with E-state index in [9.17, 15) is 0 Å². The third-order valence-corrected chi connectivity index (χ3v) is 3.54. The zero-order valence-electron chi connectivity index (χ0n) is 7.70. The summed E-state index contributed by atoms with van der Waals surface area (Å²) in [6.45, 7) is 0. The van der Waals surface area contributed by atoms with Crippen molar-refractivity contribution in [2.24, 2.45) is 0 Å². The zero-order valence-corrected chi connectivity index (χ0v) is 9.86. The summed E-state index contributed by atoms with van der Waals surface area (Å²) in [5.74, 6) is 1.13. The Kier molecular flexibility index (Phi) is 2.71. The van der Waals surface area contributed by atoms with Crippen LogP contribution in [0.15, 0.2) is 18.3 Å². The van der Waals surface area contributed by atoms with E-state index in [0.717, 1.165) is 11.9 Å². The van der Waals surface area contributed by atoms with Crippen LogP contribution in [0.3, 0.4) is 0 Å². The van der Waals surface area contributed by atoms with E-state index in [2.05, 4.69) is 45.6 Å². The van der Waals surface area contributed by atoms with Crippen molar-refractivity contribution in [3.63, 3.8) is 0 Å². The second kappa shape index (κ2) is 3.82. The van der Waals surface area contributed by atoms with Gasteiger partial charge in [-0.15, -0.1) is 0 Å². The van der Waals surface area contributed by atoms with Crippen LogP contribution in [0.4, 0.5) is 5.82 Å². The van der Waals surface area contributed by atoms with Gasteiger partial charge in [-0.1, -0.05) is 0 Å². The zero-order chi connectivity index (χ0) is 9.26. The summed E-state index contributed by atoms with van der Waals surface area (Å²) < 4.78 is 1.24. The van der Waals surface area contributed by atoms with Crippen LogP contribution in [-0.4, -0.2) is 18.1 Å². The summed E-state index contributed by atoms with van der Waals surface area (Å²) in [6, 6.07) is 4.82. The van der Waals surface area contributed by atoms with Crippen LogP contribution in [-0.2, 0) is 0 Å². The summed E-state index contributed by atoms with van der Waals surface area (Å²) in [5.41, 5.74) is 0. The monoisotopic (exact) mass is 288 g/mol. The molecule has 0 N–H and O–H groups in total. The fourth-order valence-electron chi connectivity index (χ4n) is 1.58. The van der Waals surface area contributed by atoms with E-state index in [-0.39, 0.29) is 0 Å². The Labute approximate surface area is 92.5 Å². The van der Waals surface area contributed by atoms with Crippen LogP contribution in [0.5, 0.6) is 0 Å². The Morgan fingerprint density at radius 2 is 2.31 bits per heavy atom. The van der Waals surface area contributed by atoms with Crippen molar-refractivity contribution in [2.75, 3.05) is 11.9 Å². The first-order valence-electron chi connectivity index (χ1n) is 4.62. The summed E-state index contributed by atoms with van der Waals surface area (Å²) in [6.07, 6.45) is 5.89. The number of aromatic nitrogens is 1. The molecular formula is C10H13IN2. The van der Waals surface area contributed by atoms with E-state index in [1.54, 1.807) is 0 Å². The maximum Gasteiger partial charge on any atom is 0.141 e. The molecule has 0 bridgehead atoms. The van der Waals surface area contributed by atoms with E-state index >= 15 is 0 Å². The van der Waals surface area contributed by atoms with Crippen LogP contribution in [0.1, 0.15) is 19.3 Å². The maximum absolute atomic E-state index is 4.40. The molecule has 1 aromatic rings. The molecule has 0 atom stereocenters. The van der Waals surface area contributed by atoms with Gasteiger partial charge in [0, 0.05) is 19.3 Å². The SMILES string of the molecule is CN(c1ncccc1I)C1CCC1. The van der Waals surface area contributed by atoms with E-state index in [0.29, 0.717) is 0 Å². The highest BCUT2D eigenvalue weighted by molar-refractivity contribution is 14.1. The molecule has 1 aliphatic carbocycles. The first-order valence-corrected chi connectivity index (χ1v) is 5.70. The fourth-order valence-corrected chi connectivity index (χ4v) is 2.31. The van der Waals surface area contributed by atoms with Crippen molar-refractivity contribution in [3.8, 4) is 0 Å². The topological polar surface area (TPSA) is 16.1 Å². The first kappa shape index (κ1) is 9.24. The number of anilines is 1. The van der Waals surface area contributed by atoms with Crippen molar-refractivity contribution >= 4 is 28.4 Å².